The number of aromatic hydroxyl groups is 1. The Kier molecular flexibility index (Phi) is 4.84. The smallest absolute Gasteiger partial charge is 0.290 e. The summed E-state index contributed by atoms with van der Waals surface area (Å²) in [5.74, 6) is -1.37. The molecule has 1 aliphatic heterocycles. The number of phenolic OH excluding ortho intramolecular Hbond substituents is 1. The summed E-state index contributed by atoms with van der Waals surface area (Å²) in [4.78, 5) is 27.2. The van der Waals surface area contributed by atoms with Crippen molar-refractivity contribution in [2.75, 3.05) is 0 Å². The summed E-state index contributed by atoms with van der Waals surface area (Å²) in [7, 11) is 0. The molecule has 1 unspecified atom stereocenters. The van der Waals surface area contributed by atoms with Crippen molar-refractivity contribution in [1.82, 2.24) is 4.90 Å². The third kappa shape index (κ3) is 3.15. The van der Waals surface area contributed by atoms with E-state index < -0.39 is 17.7 Å². The van der Waals surface area contributed by atoms with Crippen molar-refractivity contribution in [2.45, 2.75) is 58.0 Å². The maximum absolute atomic E-state index is 12.8. The lowest BCUT2D eigenvalue weighted by atomic mass is 9.88. The van der Waals surface area contributed by atoms with Crippen molar-refractivity contribution in [3.8, 4) is 5.75 Å². The van der Waals surface area contributed by atoms with Crippen LogP contribution in [0.5, 0.6) is 5.75 Å². The number of hydrogen-bond acceptors (Lipinski definition) is 4. The molecule has 0 spiro atoms. The lowest BCUT2D eigenvalue weighted by Gasteiger charge is -2.36. The van der Waals surface area contributed by atoms with Crippen molar-refractivity contribution < 1.29 is 19.8 Å². The average molecular weight is 343 g/mol. The number of Topliss-reactive ketones (excluding diaryl/α,β-unsaturated/α-hetero) is 1. The van der Waals surface area contributed by atoms with E-state index in [1.807, 2.05) is 0 Å². The quantitative estimate of drug-likeness (QED) is 0.875. The number of rotatable bonds is 4. The molecule has 0 aromatic heterocycles. The van der Waals surface area contributed by atoms with Gasteiger partial charge < -0.3 is 15.1 Å². The Hall–Kier alpha value is -2.30. The highest BCUT2D eigenvalue weighted by Crippen LogP contribution is 2.43. The normalized spacial score (nSPS) is 22.1. The molecule has 1 atom stereocenters. The summed E-state index contributed by atoms with van der Waals surface area (Å²) in [6.45, 7) is 3.52. The van der Waals surface area contributed by atoms with E-state index in [0.29, 0.717) is 5.56 Å². The second-order valence-corrected chi connectivity index (χ2v) is 7.28. The monoisotopic (exact) mass is 343 g/mol. The van der Waals surface area contributed by atoms with Gasteiger partial charge in [0.2, 0.25) is 0 Å². The maximum Gasteiger partial charge on any atom is 0.290 e. The number of hydrogen-bond donors (Lipinski definition) is 2. The standard InChI is InChI=1S/C20H25NO4/c1-12(2)18(23)16-17(13-7-6-10-15(22)11-13)21(20(25)19(16)24)14-8-4-3-5-9-14/h6-7,10-12,14,17,22,24H,3-5,8-9H2,1-2H3. The topological polar surface area (TPSA) is 77.8 Å². The van der Waals surface area contributed by atoms with Gasteiger partial charge in [-0.3, -0.25) is 9.59 Å². The maximum atomic E-state index is 12.8. The molecule has 5 heteroatoms. The summed E-state index contributed by atoms with van der Waals surface area (Å²) >= 11 is 0. The highest BCUT2D eigenvalue weighted by atomic mass is 16.3. The molecule has 1 aromatic carbocycles. The van der Waals surface area contributed by atoms with Crippen molar-refractivity contribution in [1.29, 1.82) is 0 Å². The Balaban J connectivity index is 2.09. The zero-order valence-electron chi connectivity index (χ0n) is 14.7. The van der Waals surface area contributed by atoms with Crippen molar-refractivity contribution in [2.24, 2.45) is 5.92 Å². The minimum Gasteiger partial charge on any atom is -0.508 e. The van der Waals surface area contributed by atoms with E-state index >= 15 is 0 Å². The van der Waals surface area contributed by atoms with Gasteiger partial charge in [-0.15, -0.1) is 0 Å². The fourth-order valence-corrected chi connectivity index (χ4v) is 3.94. The van der Waals surface area contributed by atoms with Gasteiger partial charge in [-0.25, -0.2) is 0 Å². The van der Waals surface area contributed by atoms with Crippen LogP contribution in [0.4, 0.5) is 0 Å². The third-order valence-electron chi connectivity index (χ3n) is 5.19. The van der Waals surface area contributed by atoms with Crippen LogP contribution in [0.3, 0.4) is 0 Å². The zero-order valence-corrected chi connectivity index (χ0v) is 14.7. The molecule has 1 amide bonds. The van der Waals surface area contributed by atoms with Crippen LogP contribution < -0.4 is 0 Å². The number of carbonyl (C=O) groups is 2. The van der Waals surface area contributed by atoms with Crippen LogP contribution in [0.2, 0.25) is 0 Å². The molecule has 2 aliphatic rings. The van der Waals surface area contributed by atoms with Gasteiger partial charge >= 0.3 is 0 Å². The van der Waals surface area contributed by atoms with E-state index in [1.165, 1.54) is 0 Å². The molecule has 5 nitrogen and oxygen atoms in total. The number of aliphatic hydroxyl groups is 1. The van der Waals surface area contributed by atoms with Crippen LogP contribution in [0.15, 0.2) is 35.6 Å². The highest BCUT2D eigenvalue weighted by Gasteiger charge is 2.46. The van der Waals surface area contributed by atoms with Gasteiger partial charge in [0.1, 0.15) is 5.75 Å². The summed E-state index contributed by atoms with van der Waals surface area (Å²) in [6.07, 6.45) is 4.96. The Morgan fingerprint density at radius 2 is 1.84 bits per heavy atom. The van der Waals surface area contributed by atoms with Crippen molar-refractivity contribution >= 4 is 11.7 Å². The zero-order chi connectivity index (χ0) is 18.1. The second kappa shape index (κ2) is 6.90. The molecule has 25 heavy (non-hydrogen) atoms. The Labute approximate surface area is 148 Å². The molecule has 1 saturated carbocycles. The first-order valence-electron chi connectivity index (χ1n) is 9.00. The van der Waals surface area contributed by atoms with Gasteiger partial charge in [0.15, 0.2) is 11.5 Å². The fourth-order valence-electron chi connectivity index (χ4n) is 3.94. The molecule has 1 heterocycles. The number of ketones is 1. The summed E-state index contributed by atoms with van der Waals surface area (Å²) in [6, 6.07) is 5.99. The SMILES string of the molecule is CC(C)C(=O)C1=C(O)C(=O)N(C2CCCCC2)C1c1cccc(O)c1. The summed E-state index contributed by atoms with van der Waals surface area (Å²) in [5.41, 5.74) is 0.822. The van der Waals surface area contributed by atoms with Gasteiger partial charge in [0.25, 0.3) is 5.91 Å². The summed E-state index contributed by atoms with van der Waals surface area (Å²) < 4.78 is 0. The van der Waals surface area contributed by atoms with Gasteiger partial charge in [-0.2, -0.15) is 0 Å². The van der Waals surface area contributed by atoms with E-state index in [2.05, 4.69) is 0 Å². The molecule has 1 fully saturated rings. The predicted molar refractivity (Wildman–Crippen MR) is 94.1 cm³/mol. The van der Waals surface area contributed by atoms with Gasteiger partial charge in [-0.05, 0) is 30.5 Å². The largest absolute Gasteiger partial charge is 0.508 e. The van der Waals surface area contributed by atoms with E-state index in [4.69, 9.17) is 0 Å². The molecular formula is C20H25NO4. The molecule has 1 aromatic rings. The molecule has 0 bridgehead atoms. The minimum atomic E-state index is -0.627. The fraction of sp³-hybridized carbons (Fsp3) is 0.500. The summed E-state index contributed by atoms with van der Waals surface area (Å²) in [5, 5.41) is 20.4. The molecule has 134 valence electrons. The Morgan fingerprint density at radius 1 is 1.16 bits per heavy atom. The van der Waals surface area contributed by atoms with Crippen LogP contribution >= 0.6 is 0 Å². The van der Waals surface area contributed by atoms with E-state index in [-0.39, 0.29) is 29.1 Å². The molecule has 2 N–H and O–H groups in total. The molecular weight excluding hydrogens is 318 g/mol. The molecule has 0 radical (unpaired) electrons. The number of nitrogens with zero attached hydrogens (tertiary/aromatic N) is 1. The average Bonchev–Trinajstić information content (AvgIpc) is 2.86. The number of aliphatic hydroxyl groups excluding tert-OH is 1. The van der Waals surface area contributed by atoms with E-state index in [1.54, 1.807) is 43.0 Å². The van der Waals surface area contributed by atoms with E-state index in [0.717, 1.165) is 32.1 Å². The third-order valence-corrected chi connectivity index (χ3v) is 5.19. The first-order chi connectivity index (χ1) is 11.9. The van der Waals surface area contributed by atoms with Crippen LogP contribution in [0.1, 0.15) is 57.6 Å². The van der Waals surface area contributed by atoms with Gasteiger partial charge in [0, 0.05) is 12.0 Å². The Morgan fingerprint density at radius 3 is 2.44 bits per heavy atom. The number of benzene rings is 1. The molecule has 0 saturated heterocycles. The van der Waals surface area contributed by atoms with Crippen molar-refractivity contribution in [3.63, 3.8) is 0 Å². The predicted octanol–water partition coefficient (Wildman–Crippen LogP) is 3.65. The van der Waals surface area contributed by atoms with E-state index in [9.17, 15) is 19.8 Å². The van der Waals surface area contributed by atoms with Crippen LogP contribution in [-0.4, -0.2) is 32.8 Å². The first-order valence-corrected chi connectivity index (χ1v) is 9.00. The van der Waals surface area contributed by atoms with Crippen LogP contribution in [0, 0.1) is 5.92 Å². The number of amides is 1. The minimum absolute atomic E-state index is 0.00760. The number of phenols is 1. The van der Waals surface area contributed by atoms with Crippen molar-refractivity contribution in [3.05, 3.63) is 41.2 Å². The molecule has 1 aliphatic carbocycles. The number of carbonyl (C=O) groups excluding carboxylic acids is 2. The first kappa shape index (κ1) is 17.5. The second-order valence-electron chi connectivity index (χ2n) is 7.28. The van der Waals surface area contributed by atoms with Crippen LogP contribution in [0.25, 0.3) is 0 Å². The highest BCUT2D eigenvalue weighted by molar-refractivity contribution is 6.09. The molecule has 3 rings (SSSR count). The van der Waals surface area contributed by atoms with Crippen LogP contribution in [-0.2, 0) is 9.59 Å². The van der Waals surface area contributed by atoms with Gasteiger partial charge in [-0.1, -0.05) is 45.2 Å². The lowest BCUT2D eigenvalue weighted by molar-refractivity contribution is -0.132. The van der Waals surface area contributed by atoms with Gasteiger partial charge in [0.05, 0.1) is 11.6 Å². The Bertz CT molecular complexity index is 716. The lowest BCUT2D eigenvalue weighted by Crippen LogP contribution is -2.41.